The predicted octanol–water partition coefficient (Wildman–Crippen LogP) is 3.50. The van der Waals surface area contributed by atoms with Crippen LogP contribution in [-0.4, -0.2) is 5.24 Å². The van der Waals surface area contributed by atoms with Crippen molar-refractivity contribution in [1.29, 1.82) is 0 Å². The molecule has 70 valence electrons. The number of carbonyl (C=O) groups excluding carboxylic acids is 1. The fraction of sp³-hybridized carbons (Fsp3) is 0.900. The second-order valence-electron chi connectivity index (χ2n) is 3.75. The first-order chi connectivity index (χ1) is 5.79. The van der Waals surface area contributed by atoms with Crippen LogP contribution in [0.2, 0.25) is 0 Å². The first-order valence-corrected chi connectivity index (χ1v) is 5.35. The third-order valence-electron chi connectivity index (χ3n) is 2.72. The topological polar surface area (TPSA) is 17.1 Å². The van der Waals surface area contributed by atoms with Gasteiger partial charge in [0.2, 0.25) is 5.24 Å². The molecule has 0 atom stereocenters. The fourth-order valence-electron chi connectivity index (χ4n) is 1.97. The summed E-state index contributed by atoms with van der Waals surface area (Å²) in [4.78, 5) is 10.5. The van der Waals surface area contributed by atoms with E-state index in [1.54, 1.807) is 0 Å². The molecule has 0 spiro atoms. The minimum Gasteiger partial charge on any atom is -0.281 e. The van der Waals surface area contributed by atoms with Gasteiger partial charge in [-0.3, -0.25) is 4.79 Å². The first kappa shape index (κ1) is 10.0. The summed E-state index contributed by atoms with van der Waals surface area (Å²) in [5.74, 6) is 0.773. The first-order valence-electron chi connectivity index (χ1n) is 4.97. The second kappa shape index (κ2) is 5.58. The van der Waals surface area contributed by atoms with Crippen LogP contribution in [0.1, 0.15) is 51.4 Å². The Morgan fingerprint density at radius 3 is 2.25 bits per heavy atom. The third-order valence-corrected chi connectivity index (χ3v) is 2.91. The van der Waals surface area contributed by atoms with E-state index in [2.05, 4.69) is 0 Å². The molecule has 1 aliphatic carbocycles. The van der Waals surface area contributed by atoms with Crippen molar-refractivity contribution in [3.63, 3.8) is 0 Å². The van der Waals surface area contributed by atoms with Crippen molar-refractivity contribution in [1.82, 2.24) is 0 Å². The van der Waals surface area contributed by atoms with Crippen LogP contribution in [0.4, 0.5) is 0 Å². The Morgan fingerprint density at radius 2 is 1.75 bits per heavy atom. The van der Waals surface area contributed by atoms with Crippen molar-refractivity contribution in [2.75, 3.05) is 0 Å². The molecular weight excluding hydrogens is 172 g/mol. The molecule has 1 saturated carbocycles. The van der Waals surface area contributed by atoms with Gasteiger partial charge in [-0.05, 0) is 23.9 Å². The third kappa shape index (κ3) is 4.10. The maximum Gasteiger partial charge on any atom is 0.221 e. The van der Waals surface area contributed by atoms with E-state index in [9.17, 15) is 4.79 Å². The van der Waals surface area contributed by atoms with E-state index in [-0.39, 0.29) is 5.24 Å². The summed E-state index contributed by atoms with van der Waals surface area (Å²) in [6.07, 6.45) is 9.67. The molecule has 1 fully saturated rings. The van der Waals surface area contributed by atoms with Gasteiger partial charge >= 0.3 is 0 Å². The molecule has 0 radical (unpaired) electrons. The molecule has 1 aliphatic rings. The van der Waals surface area contributed by atoms with Gasteiger partial charge in [0.05, 0.1) is 0 Å². The maximum atomic E-state index is 10.5. The average molecular weight is 189 g/mol. The molecule has 0 N–H and O–H groups in total. The number of hydrogen-bond donors (Lipinski definition) is 0. The van der Waals surface area contributed by atoms with E-state index in [4.69, 9.17) is 11.6 Å². The lowest BCUT2D eigenvalue weighted by Gasteiger charge is -2.11. The summed E-state index contributed by atoms with van der Waals surface area (Å²) in [6.45, 7) is 0. The Kier molecular flexibility index (Phi) is 4.67. The zero-order valence-corrected chi connectivity index (χ0v) is 8.28. The Bertz CT molecular complexity index is 137. The van der Waals surface area contributed by atoms with E-state index in [1.165, 1.54) is 38.5 Å². The molecule has 0 saturated heterocycles. The monoisotopic (exact) mass is 188 g/mol. The van der Waals surface area contributed by atoms with Crippen molar-refractivity contribution in [2.24, 2.45) is 5.92 Å². The molecular formula is C10H17ClO. The molecule has 0 amide bonds. The number of halogens is 1. The standard InChI is InChI=1S/C10H17ClO/c11-10(12)8-7-9-5-3-1-2-4-6-9/h9H,1-8H2. The van der Waals surface area contributed by atoms with Gasteiger partial charge in [0.15, 0.2) is 0 Å². The van der Waals surface area contributed by atoms with E-state index < -0.39 is 0 Å². The van der Waals surface area contributed by atoms with Gasteiger partial charge in [-0.25, -0.2) is 0 Å². The van der Waals surface area contributed by atoms with E-state index >= 15 is 0 Å². The maximum absolute atomic E-state index is 10.5. The largest absolute Gasteiger partial charge is 0.281 e. The van der Waals surface area contributed by atoms with Gasteiger partial charge in [-0.2, -0.15) is 0 Å². The molecule has 0 aromatic heterocycles. The fourth-order valence-corrected chi connectivity index (χ4v) is 2.08. The van der Waals surface area contributed by atoms with Gasteiger partial charge in [-0.15, -0.1) is 0 Å². The van der Waals surface area contributed by atoms with Gasteiger partial charge in [0.25, 0.3) is 0 Å². The van der Waals surface area contributed by atoms with Crippen LogP contribution in [-0.2, 0) is 4.79 Å². The quantitative estimate of drug-likeness (QED) is 0.490. The smallest absolute Gasteiger partial charge is 0.221 e. The van der Waals surface area contributed by atoms with Crippen LogP contribution < -0.4 is 0 Å². The highest BCUT2D eigenvalue weighted by atomic mass is 35.5. The SMILES string of the molecule is O=C(Cl)CCC1CCCCCC1. The van der Waals surface area contributed by atoms with E-state index in [0.717, 1.165) is 12.3 Å². The molecule has 1 rings (SSSR count). The minimum absolute atomic E-state index is 0.167. The molecule has 1 nitrogen and oxygen atoms in total. The van der Waals surface area contributed by atoms with Gasteiger partial charge in [0.1, 0.15) is 0 Å². The van der Waals surface area contributed by atoms with Crippen LogP contribution >= 0.6 is 11.6 Å². The minimum atomic E-state index is -0.167. The van der Waals surface area contributed by atoms with Crippen molar-refractivity contribution < 1.29 is 4.79 Å². The summed E-state index contributed by atoms with van der Waals surface area (Å²) >= 11 is 5.30. The summed E-state index contributed by atoms with van der Waals surface area (Å²) in [5, 5.41) is -0.167. The van der Waals surface area contributed by atoms with Crippen LogP contribution in [0.25, 0.3) is 0 Å². The lowest BCUT2D eigenvalue weighted by atomic mass is 9.95. The second-order valence-corrected chi connectivity index (χ2v) is 4.17. The molecule has 0 unspecified atom stereocenters. The lowest BCUT2D eigenvalue weighted by Crippen LogP contribution is -2.00. The summed E-state index contributed by atoms with van der Waals surface area (Å²) < 4.78 is 0. The highest BCUT2D eigenvalue weighted by molar-refractivity contribution is 6.63. The number of carbonyl (C=O) groups is 1. The predicted molar refractivity (Wildman–Crippen MR) is 51.3 cm³/mol. The van der Waals surface area contributed by atoms with Gasteiger partial charge in [-0.1, -0.05) is 38.5 Å². The van der Waals surface area contributed by atoms with Crippen LogP contribution in [0.5, 0.6) is 0 Å². The molecule has 0 aliphatic heterocycles. The molecule has 0 aromatic rings. The highest BCUT2D eigenvalue weighted by Crippen LogP contribution is 2.26. The Hall–Kier alpha value is -0.0400. The molecule has 12 heavy (non-hydrogen) atoms. The van der Waals surface area contributed by atoms with Crippen molar-refractivity contribution in [3.05, 3.63) is 0 Å². The van der Waals surface area contributed by atoms with E-state index in [0.29, 0.717) is 6.42 Å². The Labute approximate surface area is 79.5 Å². The van der Waals surface area contributed by atoms with Crippen molar-refractivity contribution in [3.8, 4) is 0 Å². The van der Waals surface area contributed by atoms with Gasteiger partial charge in [0, 0.05) is 6.42 Å². The molecule has 0 aromatic carbocycles. The normalized spacial score (nSPS) is 20.4. The van der Waals surface area contributed by atoms with Crippen LogP contribution in [0, 0.1) is 5.92 Å². The lowest BCUT2D eigenvalue weighted by molar-refractivity contribution is -0.112. The zero-order chi connectivity index (χ0) is 8.81. The Balaban J connectivity index is 2.16. The number of rotatable bonds is 3. The van der Waals surface area contributed by atoms with E-state index in [1.807, 2.05) is 0 Å². The zero-order valence-electron chi connectivity index (χ0n) is 7.52. The number of hydrogen-bond acceptors (Lipinski definition) is 1. The summed E-state index contributed by atoms with van der Waals surface area (Å²) in [6, 6.07) is 0. The summed E-state index contributed by atoms with van der Waals surface area (Å²) in [5.41, 5.74) is 0. The summed E-state index contributed by atoms with van der Waals surface area (Å²) in [7, 11) is 0. The van der Waals surface area contributed by atoms with Gasteiger partial charge < -0.3 is 0 Å². The van der Waals surface area contributed by atoms with Crippen molar-refractivity contribution in [2.45, 2.75) is 51.4 Å². The molecule has 0 heterocycles. The molecule has 2 heteroatoms. The van der Waals surface area contributed by atoms with Crippen LogP contribution in [0.15, 0.2) is 0 Å². The van der Waals surface area contributed by atoms with Crippen molar-refractivity contribution >= 4 is 16.8 Å². The highest BCUT2D eigenvalue weighted by Gasteiger charge is 2.12. The Morgan fingerprint density at radius 1 is 1.17 bits per heavy atom. The van der Waals surface area contributed by atoms with Crippen LogP contribution in [0.3, 0.4) is 0 Å². The molecule has 0 bridgehead atoms. The average Bonchev–Trinajstić information content (AvgIpc) is 2.28.